The van der Waals surface area contributed by atoms with Crippen LogP contribution in [0.2, 0.25) is 0 Å². The van der Waals surface area contributed by atoms with Crippen LogP contribution in [0, 0.1) is 11.3 Å². The molecule has 1 aliphatic rings. The second-order valence-electron chi connectivity index (χ2n) is 3.39. The van der Waals surface area contributed by atoms with Gasteiger partial charge in [0.1, 0.15) is 18.4 Å². The Balaban J connectivity index is 2.62. The number of aliphatic hydroxyl groups is 1. The number of hydrogen-bond acceptors (Lipinski definition) is 4. The molecule has 0 saturated carbocycles. The van der Waals surface area contributed by atoms with Crippen LogP contribution in [0.25, 0.3) is 0 Å². The van der Waals surface area contributed by atoms with E-state index in [-0.39, 0.29) is 6.61 Å². The average Bonchev–Trinajstić information content (AvgIpc) is 2.45. The SMILES string of the molecule is Cn1c(C#N)cc2c1COOC2(C)O. The predicted octanol–water partition coefficient (Wildman–Crippen LogP) is 0.524. The molecular formula is C9H10N2O3. The minimum atomic E-state index is -1.47. The molecule has 2 heterocycles. The van der Waals surface area contributed by atoms with Crippen molar-refractivity contribution >= 4 is 0 Å². The molecule has 14 heavy (non-hydrogen) atoms. The average molecular weight is 194 g/mol. The zero-order valence-corrected chi connectivity index (χ0v) is 7.94. The third kappa shape index (κ3) is 1.13. The Hall–Kier alpha value is -1.35. The van der Waals surface area contributed by atoms with Gasteiger partial charge in [-0.1, -0.05) is 0 Å². The van der Waals surface area contributed by atoms with Gasteiger partial charge in [-0.05, 0) is 13.0 Å². The standard InChI is InChI=1S/C9H10N2O3/c1-9(12)7-3-6(4-10)11(2)8(7)5-13-14-9/h3,12H,5H2,1-2H3. The van der Waals surface area contributed by atoms with Crippen LogP contribution in [-0.2, 0) is 29.2 Å². The molecule has 0 aromatic carbocycles. The van der Waals surface area contributed by atoms with E-state index in [2.05, 4.69) is 0 Å². The van der Waals surface area contributed by atoms with Gasteiger partial charge in [0.2, 0.25) is 5.79 Å². The first-order valence-corrected chi connectivity index (χ1v) is 4.18. The zero-order valence-electron chi connectivity index (χ0n) is 7.94. The Morgan fingerprint density at radius 1 is 1.71 bits per heavy atom. The van der Waals surface area contributed by atoms with Gasteiger partial charge in [-0.2, -0.15) is 10.1 Å². The van der Waals surface area contributed by atoms with Crippen molar-refractivity contribution in [3.05, 3.63) is 23.0 Å². The van der Waals surface area contributed by atoms with E-state index < -0.39 is 5.79 Å². The first-order valence-electron chi connectivity index (χ1n) is 4.18. The summed E-state index contributed by atoms with van der Waals surface area (Å²) in [6.45, 7) is 1.72. The van der Waals surface area contributed by atoms with E-state index in [4.69, 9.17) is 15.0 Å². The summed E-state index contributed by atoms with van der Waals surface area (Å²) in [7, 11) is 1.75. The highest BCUT2D eigenvalue weighted by Crippen LogP contribution is 2.32. The van der Waals surface area contributed by atoms with Crippen molar-refractivity contribution in [2.45, 2.75) is 19.3 Å². The summed E-state index contributed by atoms with van der Waals surface area (Å²) in [5, 5.41) is 18.6. The van der Waals surface area contributed by atoms with Gasteiger partial charge in [-0.25, -0.2) is 4.89 Å². The molecule has 5 nitrogen and oxygen atoms in total. The van der Waals surface area contributed by atoms with E-state index in [0.29, 0.717) is 11.3 Å². The lowest BCUT2D eigenvalue weighted by atomic mass is 10.1. The number of rotatable bonds is 0. The summed E-state index contributed by atoms with van der Waals surface area (Å²) in [5.41, 5.74) is 1.82. The maximum atomic E-state index is 9.79. The van der Waals surface area contributed by atoms with Gasteiger partial charge in [-0.3, -0.25) is 0 Å². The van der Waals surface area contributed by atoms with Crippen molar-refractivity contribution in [2.24, 2.45) is 7.05 Å². The van der Waals surface area contributed by atoms with Gasteiger partial charge >= 0.3 is 0 Å². The summed E-state index contributed by atoms with van der Waals surface area (Å²) in [6, 6.07) is 3.64. The smallest absolute Gasteiger partial charge is 0.224 e. The molecule has 1 aromatic rings. The van der Waals surface area contributed by atoms with E-state index in [1.165, 1.54) is 6.92 Å². The first kappa shape index (κ1) is 9.21. The molecular weight excluding hydrogens is 184 g/mol. The lowest BCUT2D eigenvalue weighted by Gasteiger charge is -2.27. The summed E-state index contributed by atoms with van der Waals surface area (Å²) in [6.07, 6.45) is 0. The quantitative estimate of drug-likeness (QED) is 0.611. The minimum Gasteiger partial charge on any atom is -0.360 e. The monoisotopic (exact) mass is 194 g/mol. The maximum Gasteiger partial charge on any atom is 0.224 e. The third-order valence-corrected chi connectivity index (χ3v) is 2.39. The fraction of sp³-hybridized carbons (Fsp3) is 0.444. The first-order chi connectivity index (χ1) is 6.56. The molecule has 1 aromatic heterocycles. The van der Waals surface area contributed by atoms with Crippen LogP contribution in [0.5, 0.6) is 0 Å². The van der Waals surface area contributed by atoms with Gasteiger partial charge in [0, 0.05) is 12.6 Å². The molecule has 2 rings (SSSR count). The lowest BCUT2D eigenvalue weighted by molar-refractivity contribution is -0.438. The second-order valence-corrected chi connectivity index (χ2v) is 3.39. The third-order valence-electron chi connectivity index (χ3n) is 2.39. The Bertz CT molecular complexity index is 414. The van der Waals surface area contributed by atoms with Crippen LogP contribution >= 0.6 is 0 Å². The van der Waals surface area contributed by atoms with E-state index in [0.717, 1.165) is 5.69 Å². The van der Waals surface area contributed by atoms with E-state index in [1.54, 1.807) is 17.7 Å². The van der Waals surface area contributed by atoms with Gasteiger partial charge < -0.3 is 9.67 Å². The second kappa shape index (κ2) is 2.82. The number of nitrogens with zero attached hydrogens (tertiary/aromatic N) is 2. The predicted molar refractivity (Wildman–Crippen MR) is 45.6 cm³/mol. The fourth-order valence-electron chi connectivity index (χ4n) is 1.57. The van der Waals surface area contributed by atoms with Gasteiger partial charge in [0.15, 0.2) is 0 Å². The van der Waals surface area contributed by atoms with Crippen LogP contribution in [0.4, 0.5) is 0 Å². The number of hydrogen-bond donors (Lipinski definition) is 1. The lowest BCUT2D eigenvalue weighted by Crippen LogP contribution is -2.30. The van der Waals surface area contributed by atoms with Crippen molar-refractivity contribution in [1.29, 1.82) is 5.26 Å². The molecule has 0 spiro atoms. The van der Waals surface area contributed by atoms with Gasteiger partial charge in [-0.15, -0.1) is 0 Å². The Morgan fingerprint density at radius 3 is 3.00 bits per heavy atom. The number of fused-ring (bicyclic) bond motifs is 1. The largest absolute Gasteiger partial charge is 0.360 e. The highest BCUT2D eigenvalue weighted by molar-refractivity contribution is 5.37. The summed E-state index contributed by atoms with van der Waals surface area (Å²) < 4.78 is 1.69. The fourth-order valence-corrected chi connectivity index (χ4v) is 1.57. The van der Waals surface area contributed by atoms with Crippen LogP contribution in [-0.4, -0.2) is 9.67 Å². The zero-order chi connectivity index (χ0) is 10.3. The Morgan fingerprint density at radius 2 is 2.43 bits per heavy atom. The van der Waals surface area contributed by atoms with Gasteiger partial charge in [0.05, 0.1) is 5.69 Å². The van der Waals surface area contributed by atoms with Crippen LogP contribution < -0.4 is 0 Å². The minimum absolute atomic E-state index is 0.240. The van der Waals surface area contributed by atoms with Crippen molar-refractivity contribution in [3.63, 3.8) is 0 Å². The van der Waals surface area contributed by atoms with Crippen molar-refractivity contribution < 1.29 is 14.9 Å². The molecule has 0 amide bonds. The Labute approximate surface area is 81.0 Å². The van der Waals surface area contributed by atoms with E-state index >= 15 is 0 Å². The molecule has 5 heteroatoms. The van der Waals surface area contributed by atoms with Crippen LogP contribution in [0.3, 0.4) is 0 Å². The van der Waals surface area contributed by atoms with Crippen molar-refractivity contribution in [2.75, 3.05) is 0 Å². The molecule has 1 N–H and O–H groups in total. The summed E-state index contributed by atoms with van der Waals surface area (Å²) in [5.74, 6) is -1.47. The highest BCUT2D eigenvalue weighted by Gasteiger charge is 2.35. The molecule has 74 valence electrons. The number of aromatic nitrogens is 1. The van der Waals surface area contributed by atoms with Gasteiger partial charge in [0.25, 0.3) is 0 Å². The van der Waals surface area contributed by atoms with Crippen LogP contribution in [0.15, 0.2) is 6.07 Å². The van der Waals surface area contributed by atoms with E-state index in [1.807, 2.05) is 6.07 Å². The summed E-state index contributed by atoms with van der Waals surface area (Å²) >= 11 is 0. The Kier molecular flexibility index (Phi) is 1.86. The molecule has 0 radical (unpaired) electrons. The summed E-state index contributed by atoms with van der Waals surface area (Å²) in [4.78, 5) is 9.51. The molecule has 0 bridgehead atoms. The molecule has 0 aliphatic carbocycles. The van der Waals surface area contributed by atoms with Crippen LogP contribution in [0.1, 0.15) is 23.9 Å². The maximum absolute atomic E-state index is 9.79. The normalized spacial score (nSPS) is 25.6. The molecule has 1 atom stereocenters. The molecule has 0 fully saturated rings. The van der Waals surface area contributed by atoms with E-state index in [9.17, 15) is 5.11 Å². The molecule has 1 aliphatic heterocycles. The number of nitriles is 1. The molecule has 0 saturated heterocycles. The topological polar surface area (TPSA) is 67.4 Å². The van der Waals surface area contributed by atoms with Crippen molar-refractivity contribution in [3.8, 4) is 6.07 Å². The van der Waals surface area contributed by atoms with Crippen molar-refractivity contribution in [1.82, 2.24) is 4.57 Å². The molecule has 1 unspecified atom stereocenters. The highest BCUT2D eigenvalue weighted by atomic mass is 17.2.